The molecular formula is C14H21N3O2. The van der Waals surface area contributed by atoms with Gasteiger partial charge in [-0.1, -0.05) is 0 Å². The molecule has 5 nitrogen and oxygen atoms in total. The summed E-state index contributed by atoms with van der Waals surface area (Å²) in [6.45, 7) is 3.65. The number of amides is 1. The van der Waals surface area contributed by atoms with Crippen LogP contribution in [0, 0.1) is 0 Å². The molecule has 0 aliphatic carbocycles. The molecule has 1 amide bonds. The number of hydrogen-bond donors (Lipinski definition) is 1. The van der Waals surface area contributed by atoms with Crippen LogP contribution in [0.15, 0.2) is 24.5 Å². The van der Waals surface area contributed by atoms with Gasteiger partial charge in [0.05, 0.1) is 12.2 Å². The third-order valence-electron chi connectivity index (χ3n) is 3.38. The van der Waals surface area contributed by atoms with Crippen LogP contribution in [0.1, 0.15) is 23.2 Å². The van der Waals surface area contributed by atoms with Crippen LogP contribution in [0.25, 0.3) is 0 Å². The summed E-state index contributed by atoms with van der Waals surface area (Å²) in [6.07, 6.45) is 5.42. The van der Waals surface area contributed by atoms with Crippen LogP contribution < -0.4 is 5.32 Å². The highest BCUT2D eigenvalue weighted by Gasteiger charge is 2.21. The molecule has 1 N–H and O–H groups in total. The van der Waals surface area contributed by atoms with Crippen molar-refractivity contribution in [3.05, 3.63) is 30.1 Å². The average Bonchev–Trinajstić information content (AvgIpc) is 2.46. The molecule has 1 aliphatic rings. The van der Waals surface area contributed by atoms with Crippen LogP contribution >= 0.6 is 0 Å². The second-order valence-electron chi connectivity index (χ2n) is 4.85. The Morgan fingerprint density at radius 3 is 3.26 bits per heavy atom. The van der Waals surface area contributed by atoms with Crippen molar-refractivity contribution < 1.29 is 9.53 Å². The number of carbonyl (C=O) groups excluding carboxylic acids is 1. The molecule has 1 fully saturated rings. The van der Waals surface area contributed by atoms with Crippen molar-refractivity contribution in [2.75, 3.05) is 33.4 Å². The summed E-state index contributed by atoms with van der Waals surface area (Å²) < 4.78 is 5.09. The van der Waals surface area contributed by atoms with E-state index in [1.165, 1.54) is 0 Å². The van der Waals surface area contributed by atoms with E-state index in [-0.39, 0.29) is 11.9 Å². The fraction of sp³-hybridized carbons (Fsp3) is 0.571. The molecule has 1 aliphatic heterocycles. The van der Waals surface area contributed by atoms with Crippen molar-refractivity contribution >= 4 is 5.91 Å². The van der Waals surface area contributed by atoms with Gasteiger partial charge in [-0.25, -0.2) is 0 Å². The molecule has 0 saturated carbocycles. The topological polar surface area (TPSA) is 54.5 Å². The number of likely N-dealkylation sites (tertiary alicyclic amines) is 1. The first-order chi connectivity index (χ1) is 9.29. The minimum absolute atomic E-state index is 0.0355. The number of piperidine rings is 1. The molecule has 1 saturated heterocycles. The molecule has 0 aromatic carbocycles. The van der Waals surface area contributed by atoms with Crippen LogP contribution in [-0.4, -0.2) is 55.2 Å². The summed E-state index contributed by atoms with van der Waals surface area (Å²) in [6, 6.07) is 3.78. The lowest BCUT2D eigenvalue weighted by Crippen LogP contribution is -2.48. The molecule has 19 heavy (non-hydrogen) atoms. The number of nitrogens with one attached hydrogen (secondary N) is 1. The highest BCUT2D eigenvalue weighted by molar-refractivity contribution is 5.94. The zero-order valence-corrected chi connectivity index (χ0v) is 11.3. The Labute approximate surface area is 114 Å². The largest absolute Gasteiger partial charge is 0.383 e. The van der Waals surface area contributed by atoms with Gasteiger partial charge >= 0.3 is 0 Å². The van der Waals surface area contributed by atoms with Gasteiger partial charge in [-0.3, -0.25) is 14.7 Å². The molecule has 1 aromatic rings. The summed E-state index contributed by atoms with van der Waals surface area (Å²) in [5.74, 6) is -0.0355. The number of hydrogen-bond acceptors (Lipinski definition) is 4. The van der Waals surface area contributed by atoms with Crippen LogP contribution in [-0.2, 0) is 4.74 Å². The molecule has 2 rings (SSSR count). The lowest BCUT2D eigenvalue weighted by molar-refractivity contribution is 0.0878. The van der Waals surface area contributed by atoms with Gasteiger partial charge in [-0.05, 0) is 31.5 Å². The van der Waals surface area contributed by atoms with Gasteiger partial charge in [0, 0.05) is 38.6 Å². The first kappa shape index (κ1) is 14.0. The Bertz CT molecular complexity index is 397. The van der Waals surface area contributed by atoms with Gasteiger partial charge < -0.3 is 10.1 Å². The van der Waals surface area contributed by atoms with E-state index in [9.17, 15) is 4.79 Å². The minimum atomic E-state index is -0.0355. The van der Waals surface area contributed by atoms with E-state index in [0.29, 0.717) is 5.56 Å². The monoisotopic (exact) mass is 263 g/mol. The van der Waals surface area contributed by atoms with E-state index in [2.05, 4.69) is 15.2 Å². The minimum Gasteiger partial charge on any atom is -0.383 e. The maximum Gasteiger partial charge on any atom is 0.253 e. The van der Waals surface area contributed by atoms with Crippen molar-refractivity contribution in [2.24, 2.45) is 0 Å². The van der Waals surface area contributed by atoms with Crippen molar-refractivity contribution in [1.29, 1.82) is 0 Å². The van der Waals surface area contributed by atoms with Crippen molar-refractivity contribution in [3.63, 3.8) is 0 Å². The number of aromatic nitrogens is 1. The first-order valence-electron chi connectivity index (χ1n) is 6.72. The van der Waals surface area contributed by atoms with Gasteiger partial charge in [0.1, 0.15) is 0 Å². The third-order valence-corrected chi connectivity index (χ3v) is 3.38. The Kier molecular flexibility index (Phi) is 5.30. The molecule has 1 aromatic heterocycles. The normalized spacial score (nSPS) is 20.2. The lowest BCUT2D eigenvalue weighted by atomic mass is 10.1. The summed E-state index contributed by atoms with van der Waals surface area (Å²) in [5, 5.41) is 3.08. The van der Waals surface area contributed by atoms with Gasteiger partial charge in [0.15, 0.2) is 0 Å². The van der Waals surface area contributed by atoms with Crippen molar-refractivity contribution in [2.45, 2.75) is 18.9 Å². The standard InChI is InChI=1S/C14H21N3O2/c1-19-9-8-17-7-3-5-13(11-17)16-14(18)12-4-2-6-15-10-12/h2,4,6,10,13H,3,5,7-9,11H2,1H3,(H,16,18). The van der Waals surface area contributed by atoms with Gasteiger partial charge in [-0.2, -0.15) is 0 Å². The van der Waals surface area contributed by atoms with E-state index >= 15 is 0 Å². The number of pyridine rings is 1. The van der Waals surface area contributed by atoms with Gasteiger partial charge in [-0.15, -0.1) is 0 Å². The van der Waals surface area contributed by atoms with E-state index in [4.69, 9.17) is 4.74 Å². The SMILES string of the molecule is COCCN1CCCC(NC(=O)c2cccnc2)C1. The fourth-order valence-electron chi connectivity index (χ4n) is 2.36. The van der Waals surface area contributed by atoms with Gasteiger partial charge in [0.25, 0.3) is 5.91 Å². The van der Waals surface area contributed by atoms with Crippen molar-refractivity contribution in [1.82, 2.24) is 15.2 Å². The van der Waals surface area contributed by atoms with E-state index in [0.717, 1.165) is 39.1 Å². The maximum absolute atomic E-state index is 12.0. The molecule has 5 heteroatoms. The van der Waals surface area contributed by atoms with Crippen LogP contribution in [0.5, 0.6) is 0 Å². The Morgan fingerprint density at radius 1 is 1.63 bits per heavy atom. The number of carbonyl (C=O) groups is 1. The van der Waals surface area contributed by atoms with E-state index < -0.39 is 0 Å². The molecule has 0 spiro atoms. The summed E-state index contributed by atoms with van der Waals surface area (Å²) in [5.41, 5.74) is 0.622. The second kappa shape index (κ2) is 7.21. The van der Waals surface area contributed by atoms with Crippen LogP contribution in [0.3, 0.4) is 0 Å². The van der Waals surface area contributed by atoms with Crippen molar-refractivity contribution in [3.8, 4) is 0 Å². The molecule has 0 bridgehead atoms. The fourth-order valence-corrected chi connectivity index (χ4v) is 2.36. The second-order valence-corrected chi connectivity index (χ2v) is 4.85. The van der Waals surface area contributed by atoms with Crippen LogP contribution in [0.4, 0.5) is 0 Å². The highest BCUT2D eigenvalue weighted by atomic mass is 16.5. The van der Waals surface area contributed by atoms with Gasteiger partial charge in [0.2, 0.25) is 0 Å². The summed E-state index contributed by atoms with van der Waals surface area (Å²) in [7, 11) is 1.71. The molecule has 0 radical (unpaired) electrons. The highest BCUT2D eigenvalue weighted by Crippen LogP contribution is 2.10. The Balaban J connectivity index is 1.83. The number of methoxy groups -OCH3 is 1. The quantitative estimate of drug-likeness (QED) is 0.858. The first-order valence-corrected chi connectivity index (χ1v) is 6.72. The third kappa shape index (κ3) is 4.29. The maximum atomic E-state index is 12.0. The summed E-state index contributed by atoms with van der Waals surface area (Å²) >= 11 is 0. The number of ether oxygens (including phenoxy) is 1. The summed E-state index contributed by atoms with van der Waals surface area (Å²) in [4.78, 5) is 18.3. The molecule has 2 heterocycles. The molecular weight excluding hydrogens is 242 g/mol. The predicted molar refractivity (Wildman–Crippen MR) is 73.0 cm³/mol. The Hall–Kier alpha value is -1.46. The van der Waals surface area contributed by atoms with E-state index in [1.807, 2.05) is 0 Å². The number of nitrogens with zero attached hydrogens (tertiary/aromatic N) is 2. The van der Waals surface area contributed by atoms with Crippen LogP contribution in [0.2, 0.25) is 0 Å². The lowest BCUT2D eigenvalue weighted by Gasteiger charge is -2.32. The molecule has 104 valence electrons. The Morgan fingerprint density at radius 2 is 2.53 bits per heavy atom. The average molecular weight is 263 g/mol. The zero-order valence-electron chi connectivity index (χ0n) is 11.3. The molecule has 1 unspecified atom stereocenters. The predicted octanol–water partition coefficient (Wildman–Crippen LogP) is 0.922. The number of rotatable bonds is 5. The smallest absolute Gasteiger partial charge is 0.253 e. The molecule has 1 atom stereocenters. The zero-order chi connectivity index (χ0) is 13.5. The van der Waals surface area contributed by atoms with E-state index in [1.54, 1.807) is 31.6 Å².